The van der Waals surface area contributed by atoms with Crippen molar-refractivity contribution in [3.8, 4) is 11.5 Å². The van der Waals surface area contributed by atoms with E-state index in [1.165, 1.54) is 0 Å². The number of nitrogens with zero attached hydrogens (tertiary/aromatic N) is 3. The van der Waals surface area contributed by atoms with Gasteiger partial charge in [0.05, 0.1) is 43.8 Å². The third-order valence-electron chi connectivity index (χ3n) is 11.5. The number of aliphatic hydroxyl groups is 3. The molecule has 55 heavy (non-hydrogen) atoms. The zero-order chi connectivity index (χ0) is 38.8. The van der Waals surface area contributed by atoms with Crippen molar-refractivity contribution in [3.63, 3.8) is 0 Å². The number of hydrogen-bond acceptors (Lipinski definition) is 11. The summed E-state index contributed by atoms with van der Waals surface area (Å²) >= 11 is 0. The van der Waals surface area contributed by atoms with Gasteiger partial charge < -0.3 is 44.0 Å². The van der Waals surface area contributed by atoms with Crippen LogP contribution in [0.15, 0.2) is 65.9 Å². The van der Waals surface area contributed by atoms with Gasteiger partial charge in [0.15, 0.2) is 0 Å². The average Bonchev–Trinajstić information content (AvgIpc) is 4.04. The molecule has 0 spiro atoms. The highest BCUT2D eigenvalue weighted by atomic mass is 16.7. The molecule has 12 nitrogen and oxygen atoms in total. The number of aryl methyl sites for hydroxylation is 1. The lowest BCUT2D eigenvalue weighted by Crippen LogP contribution is -2.70. The molecule has 6 atom stereocenters. The minimum Gasteiger partial charge on any atom is -0.487 e. The summed E-state index contributed by atoms with van der Waals surface area (Å²) < 4.78 is 26.4. The number of hydrogen-bond donors (Lipinski definition) is 3. The number of ether oxygens (including phenoxy) is 4. The van der Waals surface area contributed by atoms with Gasteiger partial charge in [0, 0.05) is 49.3 Å². The summed E-state index contributed by atoms with van der Waals surface area (Å²) in [5, 5.41) is 33.8. The van der Waals surface area contributed by atoms with E-state index in [9.17, 15) is 20.1 Å². The van der Waals surface area contributed by atoms with E-state index < -0.39 is 17.7 Å². The molecule has 1 amide bonds. The number of oxime groups is 1. The quantitative estimate of drug-likeness (QED) is 0.0800. The molecule has 12 heteroatoms. The summed E-state index contributed by atoms with van der Waals surface area (Å²) in [7, 11) is 1.55. The highest BCUT2D eigenvalue weighted by molar-refractivity contribution is 6.03. The number of rotatable bonds is 22. The van der Waals surface area contributed by atoms with Crippen LogP contribution in [0.25, 0.3) is 0 Å². The van der Waals surface area contributed by atoms with Gasteiger partial charge in [-0.05, 0) is 93.2 Å². The van der Waals surface area contributed by atoms with Crippen LogP contribution >= 0.6 is 0 Å². The fraction of sp³-hybridized carbons (Fsp3) is 0.605. The number of amides is 1. The Labute approximate surface area is 325 Å². The van der Waals surface area contributed by atoms with Gasteiger partial charge in [0.2, 0.25) is 11.7 Å². The van der Waals surface area contributed by atoms with E-state index in [-0.39, 0.29) is 75.8 Å². The van der Waals surface area contributed by atoms with Gasteiger partial charge in [-0.25, -0.2) is 0 Å². The molecule has 1 aromatic carbocycles. The maximum Gasteiger partial charge on any atom is 0.239 e. The largest absolute Gasteiger partial charge is 0.487 e. The van der Waals surface area contributed by atoms with Crippen LogP contribution in [-0.4, -0.2) is 102 Å². The number of benzene rings is 1. The maximum atomic E-state index is 14.3. The number of fused-ring (bicyclic) bond motifs is 2. The number of aromatic nitrogens is 1. The summed E-state index contributed by atoms with van der Waals surface area (Å²) in [5.74, 6) is -0.353. The SMILES string of the molecule is C=CCO[C@@]12Oc3ccc(OCc4cccc(C)n4)cc3[C@H]3[C@H](CCCCO)[C@@H](CCCCO)C=C(C(=NOC)C[C@@H]1N(CCOCCO)C(=O)C1CC1)[C@H]32. The first kappa shape index (κ1) is 40.8. The van der Waals surface area contributed by atoms with Crippen LogP contribution in [0.3, 0.4) is 0 Å². The topological polar surface area (TPSA) is 152 Å². The fourth-order valence-electron chi connectivity index (χ4n) is 9.00. The van der Waals surface area contributed by atoms with E-state index in [2.05, 4.69) is 28.9 Å². The molecule has 0 saturated heterocycles. The summed E-state index contributed by atoms with van der Waals surface area (Å²) in [6.45, 7) is 7.28. The minimum absolute atomic E-state index is 0.0278. The molecular weight excluding hydrogens is 702 g/mol. The van der Waals surface area contributed by atoms with Crippen LogP contribution in [0.2, 0.25) is 0 Å². The van der Waals surface area contributed by atoms with Gasteiger partial charge in [0.25, 0.3) is 0 Å². The molecule has 0 unspecified atom stereocenters. The lowest BCUT2D eigenvalue weighted by atomic mass is 9.55. The Bertz CT molecular complexity index is 1660. The molecule has 2 heterocycles. The number of unbranched alkanes of at least 4 members (excludes halogenated alkanes) is 2. The first-order valence-electron chi connectivity index (χ1n) is 20.0. The number of allylic oxidation sites excluding steroid dienone is 1. The Balaban J connectivity index is 1.52. The van der Waals surface area contributed by atoms with E-state index in [0.717, 1.165) is 66.8 Å². The van der Waals surface area contributed by atoms with Crippen LogP contribution < -0.4 is 9.47 Å². The average molecular weight is 762 g/mol. The molecule has 3 aliphatic carbocycles. The van der Waals surface area contributed by atoms with Gasteiger partial charge in [-0.15, -0.1) is 6.58 Å². The van der Waals surface area contributed by atoms with Crippen LogP contribution in [-0.2, 0) is 25.7 Å². The van der Waals surface area contributed by atoms with Crippen molar-refractivity contribution in [1.82, 2.24) is 9.88 Å². The monoisotopic (exact) mass is 761 g/mol. The second-order valence-electron chi connectivity index (χ2n) is 15.2. The summed E-state index contributed by atoms with van der Waals surface area (Å²) in [6.07, 6.45) is 10.8. The molecule has 2 fully saturated rings. The van der Waals surface area contributed by atoms with Crippen LogP contribution in [0.5, 0.6) is 11.5 Å². The van der Waals surface area contributed by atoms with Crippen molar-refractivity contribution < 1.29 is 43.9 Å². The van der Waals surface area contributed by atoms with Crippen LogP contribution in [0, 0.1) is 30.6 Å². The molecule has 1 aromatic heterocycles. The molecular formula is C43H59N3O9. The zero-order valence-electron chi connectivity index (χ0n) is 32.4. The van der Waals surface area contributed by atoms with E-state index in [4.69, 9.17) is 23.8 Å². The van der Waals surface area contributed by atoms with E-state index in [0.29, 0.717) is 37.4 Å². The molecule has 300 valence electrons. The van der Waals surface area contributed by atoms with Gasteiger partial charge in [-0.1, -0.05) is 36.2 Å². The first-order valence-corrected chi connectivity index (χ1v) is 20.0. The second kappa shape index (κ2) is 19.4. The molecule has 4 aliphatic rings. The van der Waals surface area contributed by atoms with Crippen LogP contribution in [0.4, 0.5) is 0 Å². The smallest absolute Gasteiger partial charge is 0.239 e. The zero-order valence-corrected chi connectivity index (χ0v) is 32.4. The summed E-state index contributed by atoms with van der Waals surface area (Å²) in [6, 6.07) is 11.3. The van der Waals surface area contributed by atoms with Crippen molar-refractivity contribution in [2.75, 3.05) is 53.3 Å². The highest BCUT2D eigenvalue weighted by Gasteiger charge is 2.65. The molecule has 0 bridgehead atoms. The summed E-state index contributed by atoms with van der Waals surface area (Å²) in [4.78, 5) is 26.4. The highest BCUT2D eigenvalue weighted by Crippen LogP contribution is 2.62. The molecule has 0 radical (unpaired) electrons. The molecule has 2 saturated carbocycles. The van der Waals surface area contributed by atoms with Crippen molar-refractivity contribution in [2.24, 2.45) is 28.8 Å². The lowest BCUT2D eigenvalue weighted by molar-refractivity contribution is -0.258. The number of pyridine rings is 1. The standard InChI is InChI=1S/C43H59N3O9/c1-4-22-54-43-39(46(18-23-52-24-21-49)42(50)30-14-15-30)27-37(45-51-3)35-25-31(11-5-7-19-47)34(13-6-8-20-48)40(41(35)43)36-26-33(16-17-38(36)55-43)53-28-32-12-9-10-29(2)44-32/h4,9-10,12,16-17,25-26,30-31,34,39-41,47-49H,1,5-8,11,13-15,18-24,27-28H2,2-3H3/t31-,34+,39-,40+,41+,43+/m0/s1. The Morgan fingerprint density at radius 2 is 1.87 bits per heavy atom. The van der Waals surface area contributed by atoms with Gasteiger partial charge in [-0.2, -0.15) is 0 Å². The van der Waals surface area contributed by atoms with Gasteiger partial charge in [0.1, 0.15) is 31.3 Å². The van der Waals surface area contributed by atoms with Crippen molar-refractivity contribution >= 4 is 11.6 Å². The maximum absolute atomic E-state index is 14.3. The summed E-state index contributed by atoms with van der Waals surface area (Å²) in [5.41, 5.74) is 4.48. The number of carbonyl (C=O) groups is 1. The molecule has 1 aliphatic heterocycles. The Morgan fingerprint density at radius 3 is 2.58 bits per heavy atom. The normalized spacial score (nSPS) is 26.0. The van der Waals surface area contributed by atoms with Gasteiger partial charge in [-0.3, -0.25) is 9.78 Å². The van der Waals surface area contributed by atoms with Crippen molar-refractivity contribution in [2.45, 2.75) is 89.1 Å². The third kappa shape index (κ3) is 9.26. The van der Waals surface area contributed by atoms with E-state index in [1.807, 2.05) is 42.2 Å². The van der Waals surface area contributed by atoms with E-state index >= 15 is 0 Å². The lowest BCUT2D eigenvalue weighted by Gasteiger charge is -2.60. The minimum atomic E-state index is -1.33. The molecule has 6 rings (SSSR count). The Kier molecular flexibility index (Phi) is 14.4. The number of carbonyl (C=O) groups excluding carboxylic acids is 1. The Morgan fingerprint density at radius 1 is 1.07 bits per heavy atom. The Hall–Kier alpha value is -3.81. The fourth-order valence-corrected chi connectivity index (χ4v) is 9.00. The van der Waals surface area contributed by atoms with E-state index in [1.54, 1.807) is 13.2 Å². The molecule has 3 N–H and O–H groups in total. The second-order valence-corrected chi connectivity index (χ2v) is 15.2. The first-order chi connectivity index (χ1) is 26.9. The van der Waals surface area contributed by atoms with Crippen LogP contribution in [0.1, 0.15) is 80.7 Å². The van der Waals surface area contributed by atoms with Gasteiger partial charge >= 0.3 is 0 Å². The predicted octanol–water partition coefficient (Wildman–Crippen LogP) is 5.48. The van der Waals surface area contributed by atoms with Crippen molar-refractivity contribution in [3.05, 3.63) is 77.7 Å². The van der Waals surface area contributed by atoms with Crippen molar-refractivity contribution in [1.29, 1.82) is 0 Å². The predicted molar refractivity (Wildman–Crippen MR) is 208 cm³/mol. The third-order valence-corrected chi connectivity index (χ3v) is 11.5. The molecule has 2 aromatic rings. The number of aliphatic hydroxyl groups excluding tert-OH is 3.